The molecule has 4 N–H and O–H groups in total. The summed E-state index contributed by atoms with van der Waals surface area (Å²) in [5.41, 5.74) is 5.01. The van der Waals surface area contributed by atoms with Crippen LogP contribution in [0.4, 0.5) is 0 Å². The third-order valence-electron chi connectivity index (χ3n) is 3.72. The number of carbonyl (C=O) groups is 2. The van der Waals surface area contributed by atoms with Gasteiger partial charge in [0.15, 0.2) is 0 Å². The molecule has 1 amide bonds. The summed E-state index contributed by atoms with van der Waals surface area (Å²) < 4.78 is 0. The molecule has 5 heteroatoms. The van der Waals surface area contributed by atoms with Crippen molar-refractivity contribution in [2.45, 2.75) is 64.3 Å². The number of carboxylic acid groups (broad SMARTS) is 1. The molecule has 0 spiro atoms. The summed E-state index contributed by atoms with van der Waals surface area (Å²) in [4.78, 5) is 22.8. The molecule has 110 valence electrons. The maximum atomic E-state index is 11.8. The van der Waals surface area contributed by atoms with Crippen molar-refractivity contribution < 1.29 is 14.7 Å². The molecule has 0 saturated heterocycles. The monoisotopic (exact) mass is 270 g/mol. The summed E-state index contributed by atoms with van der Waals surface area (Å²) in [6, 6.07) is 0. The molecule has 5 nitrogen and oxygen atoms in total. The van der Waals surface area contributed by atoms with Gasteiger partial charge in [0.2, 0.25) is 5.91 Å². The van der Waals surface area contributed by atoms with E-state index < -0.39 is 11.5 Å². The number of hydrogen-bond acceptors (Lipinski definition) is 3. The highest BCUT2D eigenvalue weighted by molar-refractivity contribution is 5.77. The van der Waals surface area contributed by atoms with E-state index in [2.05, 4.69) is 5.32 Å². The summed E-state index contributed by atoms with van der Waals surface area (Å²) in [5, 5.41) is 11.9. The maximum Gasteiger partial charge on any atom is 0.303 e. The number of hydrogen-bond donors (Lipinski definition) is 3. The quantitative estimate of drug-likeness (QED) is 0.684. The molecular formula is C14H26N2O3. The number of rotatable bonds is 6. The van der Waals surface area contributed by atoms with Crippen molar-refractivity contribution >= 4 is 11.9 Å². The van der Waals surface area contributed by atoms with E-state index >= 15 is 0 Å². The second-order valence-electron chi connectivity index (χ2n) is 6.57. The van der Waals surface area contributed by atoms with Gasteiger partial charge < -0.3 is 16.2 Å². The van der Waals surface area contributed by atoms with E-state index in [4.69, 9.17) is 10.8 Å². The minimum Gasteiger partial charge on any atom is -0.481 e. The van der Waals surface area contributed by atoms with Gasteiger partial charge >= 0.3 is 5.97 Å². The molecule has 0 aromatic rings. The van der Waals surface area contributed by atoms with Crippen LogP contribution < -0.4 is 11.1 Å². The first kappa shape index (κ1) is 16.0. The van der Waals surface area contributed by atoms with Crippen LogP contribution in [0.1, 0.15) is 58.8 Å². The zero-order valence-electron chi connectivity index (χ0n) is 12.0. The molecule has 0 aromatic carbocycles. The third kappa shape index (κ3) is 6.05. The lowest BCUT2D eigenvalue weighted by atomic mass is 9.71. The van der Waals surface area contributed by atoms with Gasteiger partial charge in [-0.1, -0.05) is 19.3 Å². The van der Waals surface area contributed by atoms with Crippen LogP contribution >= 0.6 is 0 Å². The van der Waals surface area contributed by atoms with Crippen LogP contribution in [0.2, 0.25) is 0 Å². The zero-order valence-corrected chi connectivity index (χ0v) is 12.0. The molecule has 0 atom stereocenters. The van der Waals surface area contributed by atoms with Gasteiger partial charge in [0.05, 0.1) is 6.42 Å². The Morgan fingerprint density at radius 3 is 2.32 bits per heavy atom. The average Bonchev–Trinajstić information content (AvgIpc) is 2.24. The van der Waals surface area contributed by atoms with Gasteiger partial charge in [0.1, 0.15) is 0 Å². The Labute approximate surface area is 114 Å². The lowest BCUT2D eigenvalue weighted by Gasteiger charge is -2.36. The topological polar surface area (TPSA) is 92.4 Å². The van der Waals surface area contributed by atoms with Crippen LogP contribution in [0.5, 0.6) is 0 Å². The first-order chi connectivity index (χ1) is 8.72. The number of amides is 1. The lowest BCUT2D eigenvalue weighted by Crippen LogP contribution is -2.44. The third-order valence-corrected chi connectivity index (χ3v) is 3.72. The molecule has 1 aliphatic carbocycles. The average molecular weight is 270 g/mol. The zero-order chi connectivity index (χ0) is 14.5. The van der Waals surface area contributed by atoms with E-state index in [1.165, 1.54) is 0 Å². The Bertz CT molecular complexity index is 328. The van der Waals surface area contributed by atoms with Crippen LogP contribution in [0, 0.1) is 5.41 Å². The minimum absolute atomic E-state index is 0.0946. The van der Waals surface area contributed by atoms with E-state index in [1.54, 1.807) is 13.8 Å². The summed E-state index contributed by atoms with van der Waals surface area (Å²) in [7, 11) is 0. The SMILES string of the molecule is CC(C)(N)CC(=O)NCC1(CC(=O)O)CCCCC1. The molecule has 1 rings (SSSR count). The van der Waals surface area contributed by atoms with Crippen LogP contribution in [-0.2, 0) is 9.59 Å². The first-order valence-corrected chi connectivity index (χ1v) is 7.00. The van der Waals surface area contributed by atoms with Crippen molar-refractivity contribution in [3.63, 3.8) is 0 Å². The normalized spacial score (nSPS) is 18.9. The molecular weight excluding hydrogens is 244 g/mol. The van der Waals surface area contributed by atoms with Crippen LogP contribution in [0.3, 0.4) is 0 Å². The Kier molecular flexibility index (Phi) is 5.35. The van der Waals surface area contributed by atoms with Crippen molar-refractivity contribution in [3.8, 4) is 0 Å². The maximum absolute atomic E-state index is 11.8. The van der Waals surface area contributed by atoms with E-state index in [0.717, 1.165) is 32.1 Å². The molecule has 0 radical (unpaired) electrons. The van der Waals surface area contributed by atoms with Gasteiger partial charge in [-0.15, -0.1) is 0 Å². The van der Waals surface area contributed by atoms with Gasteiger partial charge in [-0.2, -0.15) is 0 Å². The number of carbonyl (C=O) groups excluding carboxylic acids is 1. The first-order valence-electron chi connectivity index (χ1n) is 7.00. The molecule has 0 aliphatic heterocycles. The van der Waals surface area contributed by atoms with Crippen molar-refractivity contribution in [1.82, 2.24) is 5.32 Å². The van der Waals surface area contributed by atoms with Gasteiger partial charge in [0, 0.05) is 18.5 Å². The fourth-order valence-corrected chi connectivity index (χ4v) is 2.80. The second-order valence-corrected chi connectivity index (χ2v) is 6.57. The van der Waals surface area contributed by atoms with Crippen molar-refractivity contribution in [3.05, 3.63) is 0 Å². The Balaban J connectivity index is 2.53. The van der Waals surface area contributed by atoms with Crippen LogP contribution in [0.15, 0.2) is 0 Å². The van der Waals surface area contributed by atoms with Gasteiger partial charge in [0.25, 0.3) is 0 Å². The largest absolute Gasteiger partial charge is 0.481 e. The number of nitrogens with two attached hydrogens (primary N) is 1. The van der Waals surface area contributed by atoms with Gasteiger partial charge in [-0.05, 0) is 32.1 Å². The molecule has 0 heterocycles. The van der Waals surface area contributed by atoms with Gasteiger partial charge in [-0.3, -0.25) is 9.59 Å². The Morgan fingerprint density at radius 2 is 1.84 bits per heavy atom. The van der Waals surface area contributed by atoms with E-state index in [-0.39, 0.29) is 24.2 Å². The predicted octanol–water partition coefficient (Wildman–Crippen LogP) is 1.66. The summed E-state index contributed by atoms with van der Waals surface area (Å²) in [5.74, 6) is -0.877. The fourth-order valence-electron chi connectivity index (χ4n) is 2.80. The highest BCUT2D eigenvalue weighted by atomic mass is 16.4. The summed E-state index contributed by atoms with van der Waals surface area (Å²) in [6.45, 7) is 4.06. The second kappa shape index (κ2) is 6.37. The summed E-state index contributed by atoms with van der Waals surface area (Å²) >= 11 is 0. The predicted molar refractivity (Wildman–Crippen MR) is 73.7 cm³/mol. The smallest absolute Gasteiger partial charge is 0.303 e. The van der Waals surface area contributed by atoms with E-state index in [0.29, 0.717) is 6.54 Å². The number of nitrogens with one attached hydrogen (secondary N) is 1. The number of carboxylic acids is 1. The lowest BCUT2D eigenvalue weighted by molar-refractivity contribution is -0.140. The van der Waals surface area contributed by atoms with Crippen LogP contribution in [0.25, 0.3) is 0 Å². The molecule has 1 fully saturated rings. The Hall–Kier alpha value is -1.10. The highest BCUT2D eigenvalue weighted by Gasteiger charge is 2.34. The van der Waals surface area contributed by atoms with Crippen molar-refractivity contribution in [2.24, 2.45) is 11.1 Å². The molecule has 0 unspecified atom stereocenters. The molecule has 0 aromatic heterocycles. The minimum atomic E-state index is -0.782. The van der Waals surface area contributed by atoms with E-state index in [9.17, 15) is 9.59 Å². The standard InChI is InChI=1S/C14H26N2O3/c1-13(2,15)8-11(17)16-10-14(9-12(18)19)6-4-3-5-7-14/h3-10,15H2,1-2H3,(H,16,17)(H,18,19). The van der Waals surface area contributed by atoms with E-state index in [1.807, 2.05) is 0 Å². The summed E-state index contributed by atoms with van der Waals surface area (Å²) in [6.07, 6.45) is 5.41. The van der Waals surface area contributed by atoms with Crippen LogP contribution in [-0.4, -0.2) is 29.1 Å². The highest BCUT2D eigenvalue weighted by Crippen LogP contribution is 2.38. The molecule has 1 aliphatic rings. The van der Waals surface area contributed by atoms with Crippen molar-refractivity contribution in [1.29, 1.82) is 0 Å². The van der Waals surface area contributed by atoms with Crippen molar-refractivity contribution in [2.75, 3.05) is 6.54 Å². The van der Waals surface area contributed by atoms with Gasteiger partial charge in [-0.25, -0.2) is 0 Å². The fraction of sp³-hybridized carbons (Fsp3) is 0.857. The molecule has 19 heavy (non-hydrogen) atoms. The Morgan fingerprint density at radius 1 is 1.26 bits per heavy atom. The molecule has 0 bridgehead atoms. The number of aliphatic carboxylic acids is 1. The molecule has 1 saturated carbocycles.